The van der Waals surface area contributed by atoms with Gasteiger partial charge >= 0.3 is 12.1 Å². The van der Waals surface area contributed by atoms with E-state index in [0.29, 0.717) is 0 Å². The molecule has 168 valence electrons. The van der Waals surface area contributed by atoms with Gasteiger partial charge in [-0.25, -0.2) is 14.8 Å². The minimum atomic E-state index is -1.38. The molecule has 0 radical (unpaired) electrons. The molecule has 0 bridgehead atoms. The van der Waals surface area contributed by atoms with Crippen LogP contribution in [0.25, 0.3) is 11.1 Å². The van der Waals surface area contributed by atoms with Gasteiger partial charge in [0.05, 0.1) is 6.42 Å². The lowest BCUT2D eigenvalue weighted by Gasteiger charge is -2.18. The molecule has 2 amide bonds. The fraction of sp³-hybridized carbons (Fsp3) is 0.174. The van der Waals surface area contributed by atoms with Gasteiger partial charge in [0.15, 0.2) is 0 Å². The lowest BCUT2D eigenvalue weighted by Crippen LogP contribution is -2.45. The summed E-state index contributed by atoms with van der Waals surface area (Å²) in [7, 11) is 0. The number of benzene rings is 2. The van der Waals surface area contributed by atoms with Gasteiger partial charge in [-0.3, -0.25) is 9.59 Å². The molecule has 0 saturated carbocycles. The summed E-state index contributed by atoms with van der Waals surface area (Å²) in [5.41, 5.74) is 4.22. The number of hydrogen-bond acceptors (Lipinski definition) is 6. The Morgan fingerprint density at radius 3 is 2.27 bits per heavy atom. The zero-order valence-electron chi connectivity index (χ0n) is 17.2. The van der Waals surface area contributed by atoms with Crippen LogP contribution in [0.5, 0.6) is 0 Å². The van der Waals surface area contributed by atoms with Crippen molar-refractivity contribution in [1.82, 2.24) is 15.3 Å². The summed E-state index contributed by atoms with van der Waals surface area (Å²) in [6, 6.07) is 15.6. The van der Waals surface area contributed by atoms with Crippen LogP contribution in [0, 0.1) is 0 Å². The van der Waals surface area contributed by atoms with Crippen LogP contribution >= 0.6 is 11.6 Å². The Hall–Kier alpha value is -3.98. The zero-order valence-corrected chi connectivity index (χ0v) is 18.0. The molecule has 1 aliphatic rings. The van der Waals surface area contributed by atoms with Crippen LogP contribution in [-0.2, 0) is 14.3 Å². The zero-order chi connectivity index (χ0) is 23.4. The summed E-state index contributed by atoms with van der Waals surface area (Å²) in [5, 5.41) is 14.0. The molecule has 0 spiro atoms. The van der Waals surface area contributed by atoms with Crippen LogP contribution in [0.1, 0.15) is 23.5 Å². The lowest BCUT2D eigenvalue weighted by atomic mass is 9.98. The quantitative estimate of drug-likeness (QED) is 0.454. The van der Waals surface area contributed by atoms with E-state index >= 15 is 0 Å². The Morgan fingerprint density at radius 2 is 1.67 bits per heavy atom. The summed E-state index contributed by atoms with van der Waals surface area (Å²) in [6.45, 7) is 0.0305. The predicted octanol–water partition coefficient (Wildman–Crippen LogP) is 3.45. The molecular weight excluding hydrogens is 448 g/mol. The van der Waals surface area contributed by atoms with E-state index in [1.165, 1.54) is 6.07 Å². The van der Waals surface area contributed by atoms with Crippen molar-refractivity contribution in [2.45, 2.75) is 18.4 Å². The lowest BCUT2D eigenvalue weighted by molar-refractivity contribution is -0.139. The Balaban J connectivity index is 1.43. The van der Waals surface area contributed by atoms with Crippen molar-refractivity contribution in [2.24, 2.45) is 0 Å². The van der Waals surface area contributed by atoms with E-state index in [-0.39, 0.29) is 23.5 Å². The van der Waals surface area contributed by atoms with E-state index in [2.05, 4.69) is 20.6 Å². The van der Waals surface area contributed by atoms with Crippen LogP contribution in [-0.4, -0.2) is 45.7 Å². The first-order valence-corrected chi connectivity index (χ1v) is 10.4. The third-order valence-electron chi connectivity index (χ3n) is 5.22. The number of carboxylic acid groups (broad SMARTS) is 1. The van der Waals surface area contributed by atoms with Gasteiger partial charge in [-0.2, -0.15) is 0 Å². The molecule has 1 aliphatic carbocycles. The van der Waals surface area contributed by atoms with Gasteiger partial charge in [0, 0.05) is 12.0 Å². The number of aromatic nitrogens is 2. The minimum Gasteiger partial charge on any atom is -0.481 e. The number of nitrogens with zero attached hydrogens (tertiary/aromatic N) is 2. The summed E-state index contributed by atoms with van der Waals surface area (Å²) in [4.78, 5) is 43.8. The number of carboxylic acids is 1. The highest BCUT2D eigenvalue weighted by Crippen LogP contribution is 2.44. The maximum absolute atomic E-state index is 12.5. The Kier molecular flexibility index (Phi) is 6.50. The van der Waals surface area contributed by atoms with Crippen molar-refractivity contribution in [3.63, 3.8) is 0 Å². The monoisotopic (exact) mass is 466 g/mol. The van der Waals surface area contributed by atoms with Crippen LogP contribution < -0.4 is 10.6 Å². The molecular formula is C23H19ClN4O5. The third kappa shape index (κ3) is 5.09. The van der Waals surface area contributed by atoms with Crippen LogP contribution in [0.4, 0.5) is 10.6 Å². The molecule has 33 heavy (non-hydrogen) atoms. The third-order valence-corrected chi connectivity index (χ3v) is 5.42. The van der Waals surface area contributed by atoms with Gasteiger partial charge < -0.3 is 20.5 Å². The highest BCUT2D eigenvalue weighted by atomic mass is 35.5. The summed E-state index contributed by atoms with van der Waals surface area (Å²) in [5.74, 6) is -2.14. The van der Waals surface area contributed by atoms with Crippen LogP contribution in [0.15, 0.2) is 60.9 Å². The first-order valence-electron chi connectivity index (χ1n) is 10.0. The molecule has 0 saturated heterocycles. The number of rotatable bonds is 7. The second kappa shape index (κ2) is 9.66. The molecule has 4 rings (SSSR count). The molecule has 2 aromatic carbocycles. The Labute approximate surface area is 193 Å². The highest BCUT2D eigenvalue weighted by Gasteiger charge is 2.30. The first-order chi connectivity index (χ1) is 15.9. The van der Waals surface area contributed by atoms with Crippen molar-refractivity contribution in [3.8, 4) is 11.1 Å². The van der Waals surface area contributed by atoms with Crippen LogP contribution in [0.3, 0.4) is 0 Å². The van der Waals surface area contributed by atoms with Gasteiger partial charge in [-0.1, -0.05) is 60.1 Å². The number of anilines is 1. The number of nitrogens with one attached hydrogen (secondary N) is 2. The second-order valence-electron chi connectivity index (χ2n) is 7.34. The number of hydrogen-bond donors (Lipinski definition) is 3. The fourth-order valence-electron chi connectivity index (χ4n) is 3.78. The van der Waals surface area contributed by atoms with Gasteiger partial charge in [0.2, 0.25) is 5.91 Å². The maximum Gasteiger partial charge on any atom is 0.407 e. The van der Waals surface area contributed by atoms with E-state index in [0.717, 1.165) is 28.6 Å². The van der Waals surface area contributed by atoms with Gasteiger partial charge in [-0.05, 0) is 22.3 Å². The topological polar surface area (TPSA) is 131 Å². The molecule has 1 heterocycles. The average Bonchev–Trinajstić information content (AvgIpc) is 3.11. The summed E-state index contributed by atoms with van der Waals surface area (Å²) in [6.07, 6.45) is -0.406. The Morgan fingerprint density at radius 1 is 1.03 bits per heavy atom. The number of carbonyl (C=O) groups is 3. The minimum absolute atomic E-state index is 0.0305. The Bertz CT molecular complexity index is 1170. The summed E-state index contributed by atoms with van der Waals surface area (Å²) >= 11 is 5.77. The van der Waals surface area contributed by atoms with Gasteiger partial charge in [-0.15, -0.1) is 0 Å². The normalized spacial score (nSPS) is 12.9. The molecule has 9 nitrogen and oxygen atoms in total. The summed E-state index contributed by atoms with van der Waals surface area (Å²) < 4.78 is 5.40. The van der Waals surface area contributed by atoms with E-state index in [1.54, 1.807) is 0 Å². The van der Waals surface area contributed by atoms with E-state index in [1.807, 2.05) is 48.5 Å². The second-order valence-corrected chi connectivity index (χ2v) is 7.72. The SMILES string of the molecule is O=C(O)CC(NC(=O)OCC1c2ccccc2-c2ccccc21)C(=O)Nc1cc(Cl)ncn1. The standard InChI is InChI=1S/C23H19ClN4O5/c24-19-10-20(26-12-25-19)28-22(31)18(9-21(29)30)27-23(32)33-11-17-15-7-3-1-5-13(15)14-6-2-4-8-16(14)17/h1-8,10,12,17-18H,9,11H2,(H,27,32)(H,29,30)(H,25,26,28,31). The predicted molar refractivity (Wildman–Crippen MR) is 120 cm³/mol. The van der Waals surface area contributed by atoms with Crippen LogP contribution in [0.2, 0.25) is 5.15 Å². The van der Waals surface area contributed by atoms with Crippen molar-refractivity contribution < 1.29 is 24.2 Å². The molecule has 3 N–H and O–H groups in total. The molecule has 1 aromatic heterocycles. The van der Waals surface area contributed by atoms with Crippen molar-refractivity contribution >= 4 is 35.4 Å². The molecule has 0 fully saturated rings. The largest absolute Gasteiger partial charge is 0.481 e. The number of aliphatic carboxylic acids is 1. The maximum atomic E-state index is 12.5. The fourth-order valence-corrected chi connectivity index (χ4v) is 3.93. The number of amides is 2. The number of carbonyl (C=O) groups excluding carboxylic acids is 2. The van der Waals surface area contributed by atoms with Crippen molar-refractivity contribution in [2.75, 3.05) is 11.9 Å². The first kappa shape index (κ1) is 22.2. The van der Waals surface area contributed by atoms with Crippen molar-refractivity contribution in [3.05, 3.63) is 77.2 Å². The molecule has 3 aromatic rings. The average molecular weight is 467 g/mol. The number of ether oxygens (including phenoxy) is 1. The molecule has 1 atom stereocenters. The van der Waals surface area contributed by atoms with E-state index in [4.69, 9.17) is 21.4 Å². The molecule has 1 unspecified atom stereocenters. The molecule has 0 aliphatic heterocycles. The molecule has 10 heteroatoms. The highest BCUT2D eigenvalue weighted by molar-refractivity contribution is 6.29. The smallest absolute Gasteiger partial charge is 0.407 e. The van der Waals surface area contributed by atoms with Gasteiger partial charge in [0.1, 0.15) is 29.9 Å². The number of alkyl carbamates (subject to hydrolysis) is 1. The van der Waals surface area contributed by atoms with E-state index < -0.39 is 30.4 Å². The number of halogens is 1. The van der Waals surface area contributed by atoms with E-state index in [9.17, 15) is 14.4 Å². The number of fused-ring (bicyclic) bond motifs is 3. The van der Waals surface area contributed by atoms with Crippen molar-refractivity contribution in [1.29, 1.82) is 0 Å². The van der Waals surface area contributed by atoms with Gasteiger partial charge in [0.25, 0.3) is 0 Å².